The van der Waals surface area contributed by atoms with Crippen molar-refractivity contribution < 1.29 is 14.7 Å². The Hall–Kier alpha value is -1.71. The third-order valence-corrected chi connectivity index (χ3v) is 6.27. The topological polar surface area (TPSA) is 87.5 Å². The van der Waals surface area contributed by atoms with Crippen molar-refractivity contribution in [1.29, 1.82) is 0 Å². The Morgan fingerprint density at radius 1 is 1.28 bits per heavy atom. The van der Waals surface area contributed by atoms with Gasteiger partial charge in [0.15, 0.2) is 5.69 Å². The van der Waals surface area contributed by atoms with Crippen molar-refractivity contribution in [2.24, 2.45) is 0 Å². The molecule has 29 heavy (non-hydrogen) atoms. The number of carbonyl (C=O) groups excluding carboxylic acids is 1. The number of carboxylic acids is 1. The molecule has 0 unspecified atom stereocenters. The van der Waals surface area contributed by atoms with Crippen molar-refractivity contribution in [3.05, 3.63) is 44.6 Å². The zero-order valence-electron chi connectivity index (χ0n) is 16.2. The van der Waals surface area contributed by atoms with Gasteiger partial charge in [-0.3, -0.25) is 14.4 Å². The lowest BCUT2D eigenvalue weighted by Crippen LogP contribution is -2.33. The molecule has 1 saturated carbocycles. The summed E-state index contributed by atoms with van der Waals surface area (Å²) in [7, 11) is 2.13. The van der Waals surface area contributed by atoms with Gasteiger partial charge in [-0.1, -0.05) is 35.2 Å². The summed E-state index contributed by atoms with van der Waals surface area (Å²) in [4.78, 5) is 25.9. The first-order valence-corrected chi connectivity index (χ1v) is 11.2. The monoisotopic (exact) mass is 526 g/mol. The van der Waals surface area contributed by atoms with Gasteiger partial charge in [0.25, 0.3) is 0 Å². The van der Waals surface area contributed by atoms with E-state index in [0.717, 1.165) is 26.7 Å². The smallest absolute Gasteiger partial charge is 0.356 e. The predicted octanol–water partition coefficient (Wildman–Crippen LogP) is 4.51. The van der Waals surface area contributed by atoms with E-state index in [1.807, 2.05) is 12.1 Å². The number of amides is 1. The molecule has 1 aliphatic rings. The van der Waals surface area contributed by atoms with Gasteiger partial charge in [-0.25, -0.2) is 4.79 Å². The van der Waals surface area contributed by atoms with Crippen LogP contribution in [-0.4, -0.2) is 44.8 Å². The molecule has 0 bridgehead atoms. The van der Waals surface area contributed by atoms with E-state index >= 15 is 0 Å². The van der Waals surface area contributed by atoms with Gasteiger partial charge in [0.2, 0.25) is 5.91 Å². The van der Waals surface area contributed by atoms with E-state index in [-0.39, 0.29) is 18.1 Å². The Balaban J connectivity index is 1.73. The zero-order valence-corrected chi connectivity index (χ0v) is 19.4. The van der Waals surface area contributed by atoms with E-state index in [1.165, 1.54) is 49.0 Å². The molecule has 9 heteroatoms. The summed E-state index contributed by atoms with van der Waals surface area (Å²) in [5, 5.41) is 15.8. The highest BCUT2D eigenvalue weighted by molar-refractivity contribution is 9.11. The Morgan fingerprint density at radius 3 is 2.66 bits per heavy atom. The van der Waals surface area contributed by atoms with Crippen molar-refractivity contribution in [3.8, 4) is 0 Å². The highest BCUT2D eigenvalue weighted by Crippen LogP contribution is 2.33. The lowest BCUT2D eigenvalue weighted by atomic mass is 9.94. The Morgan fingerprint density at radius 2 is 2.00 bits per heavy atom. The third kappa shape index (κ3) is 5.90. The number of aromatic carboxylic acids is 1. The third-order valence-electron chi connectivity index (χ3n) is 5.18. The van der Waals surface area contributed by atoms with Crippen LogP contribution in [-0.2, 0) is 17.9 Å². The summed E-state index contributed by atoms with van der Waals surface area (Å²) in [6.45, 7) is 0.664. The molecule has 1 aromatic heterocycles. The fourth-order valence-corrected chi connectivity index (χ4v) is 5.11. The second-order valence-electron chi connectivity index (χ2n) is 7.38. The van der Waals surface area contributed by atoms with Crippen LogP contribution in [0.1, 0.15) is 48.2 Å². The first-order chi connectivity index (χ1) is 13.8. The van der Waals surface area contributed by atoms with Gasteiger partial charge >= 0.3 is 5.97 Å². The Labute approximate surface area is 186 Å². The lowest BCUT2D eigenvalue weighted by Gasteiger charge is -2.32. The van der Waals surface area contributed by atoms with E-state index in [1.54, 1.807) is 0 Å². The fourth-order valence-electron chi connectivity index (χ4n) is 3.70. The minimum absolute atomic E-state index is 0.0618. The minimum atomic E-state index is -1.12. The number of aromatic nitrogens is 2. The summed E-state index contributed by atoms with van der Waals surface area (Å²) in [6.07, 6.45) is 7.74. The number of anilines is 1. The molecular formula is C20H24Br2N4O3. The summed E-state index contributed by atoms with van der Waals surface area (Å²) in [6, 6.07) is 5.85. The van der Waals surface area contributed by atoms with Gasteiger partial charge in [-0.05, 0) is 59.6 Å². The highest BCUT2D eigenvalue weighted by atomic mass is 79.9. The maximum absolute atomic E-state index is 12.6. The van der Waals surface area contributed by atoms with Gasteiger partial charge in [0.05, 0.1) is 5.69 Å². The average molecular weight is 528 g/mol. The molecule has 0 aliphatic heterocycles. The van der Waals surface area contributed by atoms with Crippen molar-refractivity contribution in [2.45, 2.75) is 51.2 Å². The largest absolute Gasteiger partial charge is 0.476 e. The van der Waals surface area contributed by atoms with Crippen LogP contribution in [0.15, 0.2) is 33.3 Å². The highest BCUT2D eigenvalue weighted by Gasteiger charge is 2.21. The molecule has 3 rings (SSSR count). The molecule has 2 N–H and O–H groups in total. The van der Waals surface area contributed by atoms with Gasteiger partial charge in [-0.15, -0.1) is 0 Å². The molecule has 1 aromatic carbocycles. The van der Waals surface area contributed by atoms with E-state index in [4.69, 9.17) is 5.11 Å². The summed E-state index contributed by atoms with van der Waals surface area (Å²) in [5.74, 6) is -1.39. The van der Waals surface area contributed by atoms with Crippen LogP contribution in [0.3, 0.4) is 0 Å². The van der Waals surface area contributed by atoms with Gasteiger partial charge in [-0.2, -0.15) is 5.10 Å². The molecule has 156 valence electrons. The minimum Gasteiger partial charge on any atom is -0.476 e. The normalized spacial score (nSPS) is 14.9. The molecule has 1 amide bonds. The van der Waals surface area contributed by atoms with Crippen LogP contribution in [0, 0.1) is 0 Å². The maximum atomic E-state index is 12.6. The number of nitrogens with one attached hydrogen (secondary N) is 1. The van der Waals surface area contributed by atoms with Gasteiger partial charge in [0.1, 0.15) is 6.54 Å². The zero-order chi connectivity index (χ0) is 21.0. The van der Waals surface area contributed by atoms with Crippen LogP contribution >= 0.6 is 31.9 Å². The van der Waals surface area contributed by atoms with E-state index in [0.29, 0.717) is 6.04 Å². The van der Waals surface area contributed by atoms with Crippen LogP contribution in [0.25, 0.3) is 0 Å². The van der Waals surface area contributed by atoms with Crippen LogP contribution in [0.4, 0.5) is 5.69 Å². The molecule has 7 nitrogen and oxygen atoms in total. The molecule has 1 aliphatic carbocycles. The molecule has 1 heterocycles. The number of nitrogens with zero attached hydrogens (tertiary/aromatic N) is 3. The standard InChI is InChI=1S/C20H24Br2N4O3/c1-25(15-5-3-2-4-6-15)11-13-9-14(21)10-16(22)19(13)23-18(27)12-26-8-7-17(24-26)20(28)29/h7-10,15H,2-6,11-12H2,1H3,(H,23,27)(H,28,29). The molecule has 1 fully saturated rings. The van der Waals surface area contributed by atoms with Gasteiger partial charge in [0, 0.05) is 27.7 Å². The van der Waals surface area contributed by atoms with E-state index in [9.17, 15) is 9.59 Å². The number of rotatable bonds is 7. The number of carboxylic acid groups (broad SMARTS) is 1. The Kier molecular flexibility index (Phi) is 7.48. The SMILES string of the molecule is CN(Cc1cc(Br)cc(Br)c1NC(=O)Cn1ccc(C(=O)O)n1)C1CCCCC1. The number of hydrogen-bond acceptors (Lipinski definition) is 4. The predicted molar refractivity (Wildman–Crippen MR) is 118 cm³/mol. The average Bonchev–Trinajstić information content (AvgIpc) is 3.14. The molecule has 0 spiro atoms. The first kappa shape index (κ1) is 22.0. The molecule has 0 radical (unpaired) electrons. The van der Waals surface area contributed by atoms with Crippen molar-refractivity contribution in [3.63, 3.8) is 0 Å². The Bertz CT molecular complexity index is 894. The van der Waals surface area contributed by atoms with Crippen molar-refractivity contribution in [1.82, 2.24) is 14.7 Å². The number of benzene rings is 1. The van der Waals surface area contributed by atoms with Crippen molar-refractivity contribution >= 4 is 49.4 Å². The molecule has 0 atom stereocenters. The quantitative estimate of drug-likeness (QED) is 0.553. The van der Waals surface area contributed by atoms with Crippen LogP contribution in [0.2, 0.25) is 0 Å². The number of halogens is 2. The van der Waals surface area contributed by atoms with Gasteiger partial charge < -0.3 is 10.4 Å². The van der Waals surface area contributed by atoms with Crippen molar-refractivity contribution in [2.75, 3.05) is 12.4 Å². The second kappa shape index (κ2) is 9.86. The van der Waals surface area contributed by atoms with E-state index < -0.39 is 5.97 Å². The molecule has 0 saturated heterocycles. The maximum Gasteiger partial charge on any atom is 0.356 e. The van der Waals surface area contributed by atoms with E-state index in [2.05, 4.69) is 54.2 Å². The summed E-state index contributed by atoms with van der Waals surface area (Å²) < 4.78 is 3.05. The summed E-state index contributed by atoms with van der Waals surface area (Å²) in [5.41, 5.74) is 1.66. The molecular weight excluding hydrogens is 504 g/mol. The fraction of sp³-hybridized carbons (Fsp3) is 0.450. The van der Waals surface area contributed by atoms with Crippen LogP contribution < -0.4 is 5.32 Å². The number of hydrogen-bond donors (Lipinski definition) is 2. The second-order valence-corrected chi connectivity index (χ2v) is 9.15. The van der Waals surface area contributed by atoms with Crippen LogP contribution in [0.5, 0.6) is 0 Å². The molecule has 2 aromatic rings. The first-order valence-electron chi connectivity index (χ1n) is 9.58. The summed E-state index contributed by atoms with van der Waals surface area (Å²) >= 11 is 7.10. The lowest BCUT2D eigenvalue weighted by molar-refractivity contribution is -0.116. The number of carbonyl (C=O) groups is 2.